The van der Waals surface area contributed by atoms with E-state index in [-0.39, 0.29) is 12.2 Å². The summed E-state index contributed by atoms with van der Waals surface area (Å²) in [4.78, 5) is 17.9. The van der Waals surface area contributed by atoms with Crippen molar-refractivity contribution >= 4 is 16.7 Å². The van der Waals surface area contributed by atoms with Crippen LogP contribution < -0.4 is 0 Å². The molecule has 1 fully saturated rings. The van der Waals surface area contributed by atoms with E-state index in [9.17, 15) is 13.6 Å². The summed E-state index contributed by atoms with van der Waals surface area (Å²) < 4.78 is 26.8. The van der Waals surface area contributed by atoms with Crippen LogP contribution in [0.15, 0.2) is 42.5 Å². The Kier molecular flexibility index (Phi) is 5.65. The topological polar surface area (TPSA) is 59.9 Å². The molecule has 3 aromatic rings. The van der Waals surface area contributed by atoms with Gasteiger partial charge >= 0.3 is 0 Å². The second-order valence-electron chi connectivity index (χ2n) is 8.14. The van der Waals surface area contributed by atoms with Crippen LogP contribution in [0.4, 0.5) is 8.78 Å². The van der Waals surface area contributed by atoms with Crippen molar-refractivity contribution in [3.8, 4) is 6.07 Å². The molecule has 2 atom stereocenters. The molecule has 30 heavy (non-hydrogen) atoms. The van der Waals surface area contributed by atoms with Crippen molar-refractivity contribution in [3.05, 3.63) is 70.9 Å². The lowest BCUT2D eigenvalue weighted by Crippen LogP contribution is -2.22. The number of carbonyl (C=O) groups excluding carboxylic acids is 1. The van der Waals surface area contributed by atoms with E-state index >= 15 is 0 Å². The first-order chi connectivity index (χ1) is 14.4. The molecule has 0 saturated carbocycles. The zero-order valence-corrected chi connectivity index (χ0v) is 16.8. The van der Waals surface area contributed by atoms with Gasteiger partial charge in [0.1, 0.15) is 11.6 Å². The molecular weight excluding hydrogens is 384 g/mol. The number of nitriles is 1. The minimum absolute atomic E-state index is 0.0679. The summed E-state index contributed by atoms with van der Waals surface area (Å²) in [5.41, 5.74) is 2.81. The maximum absolute atomic E-state index is 13.4. The number of fused-ring (bicyclic) bond motifs is 1. The van der Waals surface area contributed by atoms with Crippen molar-refractivity contribution in [3.63, 3.8) is 0 Å². The molecule has 0 aliphatic carbocycles. The number of likely N-dealkylation sites (tertiary alicyclic amines) is 1. The normalized spacial score (nSPS) is 17.9. The quantitative estimate of drug-likeness (QED) is 0.471. The zero-order chi connectivity index (χ0) is 21.3. The molecule has 0 bridgehead atoms. The molecule has 2 unspecified atom stereocenters. The monoisotopic (exact) mass is 407 g/mol. The fourth-order valence-electron chi connectivity index (χ4n) is 4.36. The van der Waals surface area contributed by atoms with Crippen molar-refractivity contribution in [2.24, 2.45) is 5.92 Å². The molecule has 154 valence electrons. The van der Waals surface area contributed by atoms with E-state index in [1.54, 1.807) is 6.07 Å². The number of H-pyrrole nitrogens is 1. The Bertz CT molecular complexity index is 1110. The number of nitrogens with one attached hydrogen (secondary N) is 1. The van der Waals surface area contributed by atoms with Gasteiger partial charge in [-0.3, -0.25) is 9.69 Å². The first kappa shape index (κ1) is 20.2. The molecule has 1 aliphatic rings. The summed E-state index contributed by atoms with van der Waals surface area (Å²) in [5.74, 6) is -0.739. The molecule has 4 nitrogen and oxygen atoms in total. The van der Waals surface area contributed by atoms with E-state index in [2.05, 4.69) is 35.0 Å². The van der Waals surface area contributed by atoms with Gasteiger partial charge in [-0.2, -0.15) is 5.26 Å². The summed E-state index contributed by atoms with van der Waals surface area (Å²) in [6.45, 7) is 4.56. The molecule has 4 rings (SSSR count). The molecule has 0 amide bonds. The van der Waals surface area contributed by atoms with Crippen LogP contribution >= 0.6 is 0 Å². The number of rotatable bonds is 6. The second-order valence-corrected chi connectivity index (χ2v) is 8.14. The van der Waals surface area contributed by atoms with E-state index in [0.717, 1.165) is 36.5 Å². The maximum atomic E-state index is 13.4. The van der Waals surface area contributed by atoms with Crippen LogP contribution in [0.2, 0.25) is 0 Å². The SMILES string of the molecule is CC(c1ccc2[nH]c(C(=O)Cc3cc(F)cc(F)c3)cc2c1)C1CCN(CC#N)C1. The molecule has 0 radical (unpaired) electrons. The van der Waals surface area contributed by atoms with Gasteiger partial charge in [0.25, 0.3) is 0 Å². The number of aromatic nitrogens is 1. The molecule has 6 heteroatoms. The van der Waals surface area contributed by atoms with E-state index in [1.165, 1.54) is 17.7 Å². The highest BCUT2D eigenvalue weighted by molar-refractivity contribution is 6.00. The number of aromatic amines is 1. The molecular formula is C24H23F2N3O. The first-order valence-corrected chi connectivity index (χ1v) is 10.1. The molecule has 2 heterocycles. The molecule has 1 aliphatic heterocycles. The van der Waals surface area contributed by atoms with Gasteiger partial charge in [0.2, 0.25) is 0 Å². The van der Waals surface area contributed by atoms with Crippen LogP contribution in [0, 0.1) is 28.9 Å². The second kappa shape index (κ2) is 8.37. The first-order valence-electron chi connectivity index (χ1n) is 10.1. The van der Waals surface area contributed by atoms with Gasteiger partial charge < -0.3 is 4.98 Å². The third-order valence-electron chi connectivity index (χ3n) is 6.07. The summed E-state index contributed by atoms with van der Waals surface area (Å²) in [5, 5.41) is 9.84. The fourth-order valence-corrected chi connectivity index (χ4v) is 4.36. The average molecular weight is 407 g/mol. The van der Waals surface area contributed by atoms with Crippen molar-refractivity contribution in [1.82, 2.24) is 9.88 Å². The summed E-state index contributed by atoms with van der Waals surface area (Å²) in [6, 6.07) is 13.3. The van der Waals surface area contributed by atoms with Crippen LogP contribution in [0.1, 0.15) is 40.9 Å². The lowest BCUT2D eigenvalue weighted by atomic mass is 9.86. The Morgan fingerprint density at radius 2 is 2.00 bits per heavy atom. The van der Waals surface area contributed by atoms with E-state index in [0.29, 0.717) is 29.6 Å². The number of hydrogen-bond donors (Lipinski definition) is 1. The number of nitrogens with zero attached hydrogens (tertiary/aromatic N) is 2. The van der Waals surface area contributed by atoms with Gasteiger partial charge in [-0.15, -0.1) is 0 Å². The minimum Gasteiger partial charge on any atom is -0.352 e. The van der Waals surface area contributed by atoms with Crippen molar-refractivity contribution < 1.29 is 13.6 Å². The Hall–Kier alpha value is -3.04. The fraction of sp³-hybridized carbons (Fsp3) is 0.333. The smallest absolute Gasteiger partial charge is 0.183 e. The molecule has 1 aromatic heterocycles. The van der Waals surface area contributed by atoms with Gasteiger partial charge in [0, 0.05) is 29.9 Å². The number of hydrogen-bond acceptors (Lipinski definition) is 3. The summed E-state index contributed by atoms with van der Waals surface area (Å²) >= 11 is 0. The van der Waals surface area contributed by atoms with Gasteiger partial charge in [0.05, 0.1) is 18.3 Å². The van der Waals surface area contributed by atoms with Crippen molar-refractivity contribution in [2.45, 2.75) is 25.7 Å². The third kappa shape index (κ3) is 4.27. The Balaban J connectivity index is 1.51. The van der Waals surface area contributed by atoms with Gasteiger partial charge in [-0.1, -0.05) is 13.0 Å². The van der Waals surface area contributed by atoms with E-state index in [4.69, 9.17) is 5.26 Å². The van der Waals surface area contributed by atoms with Gasteiger partial charge in [-0.25, -0.2) is 8.78 Å². The van der Waals surface area contributed by atoms with Crippen molar-refractivity contribution in [1.29, 1.82) is 5.26 Å². The number of carbonyl (C=O) groups is 1. The molecule has 1 N–H and O–H groups in total. The van der Waals surface area contributed by atoms with Crippen LogP contribution in [0.5, 0.6) is 0 Å². The average Bonchev–Trinajstić information content (AvgIpc) is 3.33. The standard InChI is InChI=1S/C24H23F2N3O/c1-15(18-4-6-29(14-18)7-5-27)17-2-3-22-19(11-17)12-23(28-22)24(30)10-16-8-20(25)13-21(26)9-16/h2-3,8-9,11-13,15,18,28H,4,6-7,10,14H2,1H3. The molecule has 2 aromatic carbocycles. The van der Waals surface area contributed by atoms with E-state index < -0.39 is 11.6 Å². The largest absolute Gasteiger partial charge is 0.352 e. The van der Waals surface area contributed by atoms with Crippen LogP contribution in [0.25, 0.3) is 10.9 Å². The predicted molar refractivity (Wildman–Crippen MR) is 111 cm³/mol. The predicted octanol–water partition coefficient (Wildman–Crippen LogP) is 4.82. The number of Topliss-reactive ketones (excluding diaryl/α,β-unsaturated/α-hetero) is 1. The van der Waals surface area contributed by atoms with Crippen molar-refractivity contribution in [2.75, 3.05) is 19.6 Å². The Morgan fingerprint density at radius 3 is 2.73 bits per heavy atom. The lowest BCUT2D eigenvalue weighted by Gasteiger charge is -2.20. The zero-order valence-electron chi connectivity index (χ0n) is 16.8. The number of halogens is 2. The molecule has 1 saturated heterocycles. The highest BCUT2D eigenvalue weighted by Gasteiger charge is 2.27. The Morgan fingerprint density at radius 1 is 1.23 bits per heavy atom. The minimum atomic E-state index is -0.687. The van der Waals surface area contributed by atoms with Gasteiger partial charge in [-0.05, 0) is 66.3 Å². The third-order valence-corrected chi connectivity index (χ3v) is 6.07. The number of ketones is 1. The maximum Gasteiger partial charge on any atom is 0.183 e. The van der Waals surface area contributed by atoms with Crippen LogP contribution in [-0.2, 0) is 6.42 Å². The molecule has 0 spiro atoms. The lowest BCUT2D eigenvalue weighted by molar-refractivity contribution is 0.0989. The van der Waals surface area contributed by atoms with Crippen LogP contribution in [-0.4, -0.2) is 35.3 Å². The highest BCUT2D eigenvalue weighted by Crippen LogP contribution is 2.33. The van der Waals surface area contributed by atoms with E-state index in [1.807, 2.05) is 6.07 Å². The number of benzene rings is 2. The van der Waals surface area contributed by atoms with Gasteiger partial charge in [0.15, 0.2) is 5.78 Å². The summed E-state index contributed by atoms with van der Waals surface area (Å²) in [7, 11) is 0. The Labute approximate surface area is 174 Å². The highest BCUT2D eigenvalue weighted by atomic mass is 19.1. The van der Waals surface area contributed by atoms with Crippen LogP contribution in [0.3, 0.4) is 0 Å². The summed E-state index contributed by atoms with van der Waals surface area (Å²) in [6.07, 6.45) is 1.00.